The maximum absolute atomic E-state index is 10.1. The van der Waals surface area contributed by atoms with Crippen LogP contribution in [0.2, 0.25) is 0 Å². The zero-order valence-corrected chi connectivity index (χ0v) is 16.3. The van der Waals surface area contributed by atoms with Crippen LogP contribution < -0.4 is 0 Å². The molecule has 0 radical (unpaired) electrons. The number of aliphatic hydroxyl groups is 2. The number of rotatable bonds is 9. The molecule has 1 unspecified atom stereocenters. The average molecular weight is 384 g/mol. The Morgan fingerprint density at radius 1 is 1.04 bits per heavy atom. The lowest BCUT2D eigenvalue weighted by atomic mass is 10.1. The summed E-state index contributed by atoms with van der Waals surface area (Å²) < 4.78 is 5.49. The molecule has 0 aliphatic rings. The second-order valence-corrected chi connectivity index (χ2v) is 7.60. The Morgan fingerprint density at radius 2 is 1.70 bits per heavy atom. The van der Waals surface area contributed by atoms with E-state index in [-0.39, 0.29) is 6.61 Å². The zero-order chi connectivity index (χ0) is 19.1. The minimum Gasteiger partial charge on any atom is -0.448 e. The number of hydrogen-bond donors (Lipinski definition) is 2. The molecule has 0 saturated carbocycles. The number of aryl methyl sites for hydroxylation is 1. The maximum Gasteiger partial charge on any atom is 0.194 e. The first-order chi connectivity index (χ1) is 13.2. The number of hydrogen-bond acceptors (Lipinski definition) is 5. The van der Waals surface area contributed by atoms with E-state index in [1.807, 2.05) is 24.3 Å². The van der Waals surface area contributed by atoms with Gasteiger partial charge in [-0.05, 0) is 49.1 Å². The number of oxazole rings is 1. The van der Waals surface area contributed by atoms with Crippen LogP contribution in [-0.4, -0.2) is 21.8 Å². The molecular weight excluding hydrogens is 358 g/mol. The van der Waals surface area contributed by atoms with Crippen molar-refractivity contribution >= 4 is 11.8 Å². The molecule has 0 fully saturated rings. The van der Waals surface area contributed by atoms with Gasteiger partial charge in [0.1, 0.15) is 12.0 Å². The molecule has 0 saturated heterocycles. The topological polar surface area (TPSA) is 66.5 Å². The van der Waals surface area contributed by atoms with Gasteiger partial charge >= 0.3 is 0 Å². The Hall–Kier alpha value is -2.08. The Morgan fingerprint density at radius 3 is 2.33 bits per heavy atom. The van der Waals surface area contributed by atoms with Gasteiger partial charge in [-0.1, -0.05) is 43.0 Å². The van der Waals surface area contributed by atoms with E-state index in [9.17, 15) is 5.11 Å². The number of benzene rings is 2. The molecule has 0 aliphatic carbocycles. The van der Waals surface area contributed by atoms with Gasteiger partial charge in [0.25, 0.3) is 0 Å². The van der Waals surface area contributed by atoms with E-state index in [0.29, 0.717) is 12.8 Å². The average Bonchev–Trinajstić information content (AvgIpc) is 3.16. The minimum absolute atomic E-state index is 0.106. The molecule has 2 N–H and O–H groups in total. The largest absolute Gasteiger partial charge is 0.448 e. The minimum atomic E-state index is -0.518. The molecule has 0 bridgehead atoms. The molecule has 2 aromatic carbocycles. The van der Waals surface area contributed by atoms with E-state index < -0.39 is 6.10 Å². The summed E-state index contributed by atoms with van der Waals surface area (Å²) in [5.41, 5.74) is 2.81. The van der Waals surface area contributed by atoms with Crippen molar-refractivity contribution < 1.29 is 14.6 Å². The summed E-state index contributed by atoms with van der Waals surface area (Å²) in [6.07, 6.45) is 4.26. The molecule has 27 heavy (non-hydrogen) atoms. The van der Waals surface area contributed by atoms with E-state index in [4.69, 9.17) is 9.52 Å². The van der Waals surface area contributed by atoms with Crippen LogP contribution in [0, 0.1) is 0 Å². The van der Waals surface area contributed by atoms with Crippen LogP contribution in [0.25, 0.3) is 11.3 Å². The van der Waals surface area contributed by atoms with Gasteiger partial charge in [-0.2, -0.15) is 0 Å². The summed E-state index contributed by atoms with van der Waals surface area (Å²) in [5.74, 6) is 0.784. The van der Waals surface area contributed by atoms with Gasteiger partial charge in [0.05, 0.1) is 6.10 Å². The standard InChI is InChI=1S/C22H25NO3S/c1-2-4-22-23-20(15-26-22)16-6-10-18(11-7-16)27-19-12-8-17(9-13-19)21(25)5-3-14-24/h6-13,15,21,24-25H,2-5,14H2,1H3. The third kappa shape index (κ3) is 5.45. The first kappa shape index (κ1) is 19.7. The van der Waals surface area contributed by atoms with Crippen molar-refractivity contribution in [3.63, 3.8) is 0 Å². The van der Waals surface area contributed by atoms with Gasteiger partial charge in [0, 0.05) is 28.4 Å². The highest BCUT2D eigenvalue weighted by Gasteiger charge is 2.08. The van der Waals surface area contributed by atoms with Gasteiger partial charge in [-0.25, -0.2) is 4.98 Å². The summed E-state index contributed by atoms with van der Waals surface area (Å²) in [4.78, 5) is 6.78. The molecule has 4 nitrogen and oxygen atoms in total. The number of aliphatic hydroxyl groups excluding tert-OH is 2. The van der Waals surface area contributed by atoms with Crippen LogP contribution in [0.3, 0.4) is 0 Å². The van der Waals surface area contributed by atoms with Crippen LogP contribution in [-0.2, 0) is 6.42 Å². The van der Waals surface area contributed by atoms with Gasteiger partial charge in [0.15, 0.2) is 5.89 Å². The highest BCUT2D eigenvalue weighted by Crippen LogP contribution is 2.31. The normalized spacial score (nSPS) is 12.3. The molecule has 1 atom stereocenters. The molecule has 0 aliphatic heterocycles. The van der Waals surface area contributed by atoms with Crippen LogP contribution in [0.15, 0.2) is 69.0 Å². The van der Waals surface area contributed by atoms with Crippen molar-refractivity contribution in [2.75, 3.05) is 6.61 Å². The fraction of sp³-hybridized carbons (Fsp3) is 0.318. The molecule has 5 heteroatoms. The number of aromatic nitrogens is 1. The summed E-state index contributed by atoms with van der Waals surface area (Å²) in [5, 5.41) is 18.9. The fourth-order valence-electron chi connectivity index (χ4n) is 2.81. The monoisotopic (exact) mass is 383 g/mol. The van der Waals surface area contributed by atoms with Crippen molar-refractivity contribution in [3.8, 4) is 11.3 Å². The fourth-order valence-corrected chi connectivity index (χ4v) is 3.63. The lowest BCUT2D eigenvalue weighted by Crippen LogP contribution is -1.98. The van der Waals surface area contributed by atoms with Crippen LogP contribution in [0.4, 0.5) is 0 Å². The summed E-state index contributed by atoms with van der Waals surface area (Å²) in [7, 11) is 0. The Bertz CT molecular complexity index is 828. The quantitative estimate of drug-likeness (QED) is 0.528. The predicted octanol–water partition coefficient (Wildman–Crippen LogP) is 5.25. The van der Waals surface area contributed by atoms with Crippen molar-refractivity contribution in [1.29, 1.82) is 0 Å². The summed E-state index contributed by atoms with van der Waals surface area (Å²) in [6.45, 7) is 2.22. The third-order valence-corrected chi connectivity index (χ3v) is 5.32. The second-order valence-electron chi connectivity index (χ2n) is 6.45. The van der Waals surface area contributed by atoms with Gasteiger partial charge in [0.2, 0.25) is 0 Å². The van der Waals surface area contributed by atoms with E-state index >= 15 is 0 Å². The molecule has 1 aromatic heterocycles. The summed E-state index contributed by atoms with van der Waals surface area (Å²) in [6, 6.07) is 16.2. The third-order valence-electron chi connectivity index (χ3n) is 4.30. The predicted molar refractivity (Wildman–Crippen MR) is 108 cm³/mol. The lowest BCUT2D eigenvalue weighted by molar-refractivity contribution is 0.152. The smallest absolute Gasteiger partial charge is 0.194 e. The van der Waals surface area contributed by atoms with Crippen LogP contribution >= 0.6 is 11.8 Å². The highest BCUT2D eigenvalue weighted by molar-refractivity contribution is 7.99. The molecular formula is C22H25NO3S. The summed E-state index contributed by atoms with van der Waals surface area (Å²) >= 11 is 1.68. The Kier molecular flexibility index (Phi) is 7.10. The molecule has 1 heterocycles. The zero-order valence-electron chi connectivity index (χ0n) is 15.5. The van der Waals surface area contributed by atoms with Crippen molar-refractivity contribution in [1.82, 2.24) is 4.98 Å². The van der Waals surface area contributed by atoms with E-state index in [1.165, 1.54) is 0 Å². The SMILES string of the molecule is CCCc1nc(-c2ccc(Sc3ccc(C(O)CCCO)cc3)cc2)co1. The molecule has 142 valence electrons. The van der Waals surface area contributed by atoms with Crippen LogP contribution in [0.5, 0.6) is 0 Å². The number of nitrogens with zero attached hydrogens (tertiary/aromatic N) is 1. The van der Waals surface area contributed by atoms with E-state index in [2.05, 4.69) is 36.2 Å². The van der Waals surface area contributed by atoms with Crippen molar-refractivity contribution in [2.24, 2.45) is 0 Å². The van der Waals surface area contributed by atoms with E-state index in [1.54, 1.807) is 18.0 Å². The highest BCUT2D eigenvalue weighted by atomic mass is 32.2. The van der Waals surface area contributed by atoms with Gasteiger partial charge in [-0.15, -0.1) is 0 Å². The van der Waals surface area contributed by atoms with Gasteiger partial charge < -0.3 is 14.6 Å². The first-order valence-electron chi connectivity index (χ1n) is 9.31. The lowest BCUT2D eigenvalue weighted by Gasteiger charge is -2.11. The van der Waals surface area contributed by atoms with Crippen LogP contribution in [0.1, 0.15) is 43.7 Å². The second kappa shape index (κ2) is 9.74. The first-order valence-corrected chi connectivity index (χ1v) is 10.1. The van der Waals surface area contributed by atoms with Crippen molar-refractivity contribution in [3.05, 3.63) is 66.2 Å². The maximum atomic E-state index is 10.1. The molecule has 3 rings (SSSR count). The molecule has 3 aromatic rings. The molecule has 0 amide bonds. The Labute approximate surface area is 164 Å². The Balaban J connectivity index is 1.62. The van der Waals surface area contributed by atoms with E-state index in [0.717, 1.165) is 45.3 Å². The van der Waals surface area contributed by atoms with Crippen molar-refractivity contribution in [2.45, 2.75) is 48.5 Å². The van der Waals surface area contributed by atoms with Gasteiger partial charge in [-0.3, -0.25) is 0 Å². The molecule has 0 spiro atoms.